The third kappa shape index (κ3) is 2.26. The van der Waals surface area contributed by atoms with Crippen molar-refractivity contribution in [2.24, 2.45) is 5.92 Å². The molecule has 0 bridgehead atoms. The Morgan fingerprint density at radius 3 is 3.07 bits per heavy atom. The van der Waals surface area contributed by atoms with Crippen LogP contribution in [0, 0.1) is 5.92 Å². The van der Waals surface area contributed by atoms with Gasteiger partial charge in [0.2, 0.25) is 5.91 Å². The van der Waals surface area contributed by atoms with Crippen LogP contribution in [-0.4, -0.2) is 33.4 Å². The highest BCUT2D eigenvalue weighted by molar-refractivity contribution is 5.78. The zero-order valence-corrected chi connectivity index (χ0v) is 8.67. The summed E-state index contributed by atoms with van der Waals surface area (Å²) in [4.78, 5) is 17.4. The molecule has 80 valence electrons. The second-order valence-corrected chi connectivity index (χ2v) is 3.84. The molecule has 4 nitrogen and oxygen atoms in total. The van der Waals surface area contributed by atoms with Gasteiger partial charge in [-0.05, 0) is 0 Å². The van der Waals surface area contributed by atoms with Gasteiger partial charge >= 0.3 is 0 Å². The SMILES string of the molecule is C=CC1CC(=O)N(CCn2ccnc2)C1. The Kier molecular flexibility index (Phi) is 2.85. The minimum Gasteiger partial charge on any atom is -0.340 e. The second-order valence-electron chi connectivity index (χ2n) is 3.84. The summed E-state index contributed by atoms with van der Waals surface area (Å²) >= 11 is 0. The first-order chi connectivity index (χ1) is 7.29. The van der Waals surface area contributed by atoms with Gasteiger partial charge in [-0.15, -0.1) is 6.58 Å². The summed E-state index contributed by atoms with van der Waals surface area (Å²) in [5, 5.41) is 0. The predicted molar refractivity (Wildman–Crippen MR) is 57.1 cm³/mol. The molecule has 1 aromatic rings. The molecule has 0 spiro atoms. The van der Waals surface area contributed by atoms with Crippen LogP contribution in [0.3, 0.4) is 0 Å². The van der Waals surface area contributed by atoms with Crippen molar-refractivity contribution < 1.29 is 4.79 Å². The van der Waals surface area contributed by atoms with E-state index < -0.39 is 0 Å². The van der Waals surface area contributed by atoms with E-state index in [1.54, 1.807) is 12.5 Å². The van der Waals surface area contributed by atoms with Crippen molar-refractivity contribution >= 4 is 5.91 Å². The zero-order chi connectivity index (χ0) is 10.7. The van der Waals surface area contributed by atoms with Crippen LogP contribution in [0.2, 0.25) is 0 Å². The number of hydrogen-bond acceptors (Lipinski definition) is 2. The fraction of sp³-hybridized carbons (Fsp3) is 0.455. The van der Waals surface area contributed by atoms with Crippen molar-refractivity contribution in [2.45, 2.75) is 13.0 Å². The molecule has 4 heteroatoms. The molecule has 0 aromatic carbocycles. The molecular formula is C11H15N3O. The number of hydrogen-bond donors (Lipinski definition) is 0. The van der Waals surface area contributed by atoms with E-state index in [1.807, 2.05) is 21.7 Å². The van der Waals surface area contributed by atoms with E-state index >= 15 is 0 Å². The number of nitrogens with zero attached hydrogens (tertiary/aromatic N) is 3. The van der Waals surface area contributed by atoms with Crippen LogP contribution in [0.1, 0.15) is 6.42 Å². The van der Waals surface area contributed by atoms with Crippen LogP contribution in [0.4, 0.5) is 0 Å². The van der Waals surface area contributed by atoms with Gasteiger partial charge in [0, 0.05) is 44.4 Å². The molecule has 0 aliphatic carbocycles. The number of amides is 1. The normalized spacial score (nSPS) is 20.9. The first kappa shape index (κ1) is 9.96. The number of rotatable bonds is 4. The third-order valence-corrected chi connectivity index (χ3v) is 2.77. The van der Waals surface area contributed by atoms with Crippen molar-refractivity contribution in [2.75, 3.05) is 13.1 Å². The summed E-state index contributed by atoms with van der Waals surface area (Å²) in [5.74, 6) is 0.570. The van der Waals surface area contributed by atoms with Gasteiger partial charge in [-0.2, -0.15) is 0 Å². The topological polar surface area (TPSA) is 38.1 Å². The molecule has 1 aliphatic rings. The van der Waals surface area contributed by atoms with E-state index in [2.05, 4.69) is 11.6 Å². The Morgan fingerprint density at radius 2 is 2.47 bits per heavy atom. The number of imidazole rings is 1. The maximum absolute atomic E-state index is 11.6. The highest BCUT2D eigenvalue weighted by Gasteiger charge is 2.26. The van der Waals surface area contributed by atoms with Crippen LogP contribution >= 0.6 is 0 Å². The van der Waals surface area contributed by atoms with Gasteiger partial charge in [0.15, 0.2) is 0 Å². The Balaban J connectivity index is 1.85. The van der Waals surface area contributed by atoms with E-state index in [4.69, 9.17) is 0 Å². The number of carbonyl (C=O) groups is 1. The lowest BCUT2D eigenvalue weighted by Crippen LogP contribution is -2.28. The Bertz CT molecular complexity index is 345. The van der Waals surface area contributed by atoms with Crippen molar-refractivity contribution in [1.29, 1.82) is 0 Å². The van der Waals surface area contributed by atoms with Crippen molar-refractivity contribution in [3.05, 3.63) is 31.4 Å². The summed E-state index contributed by atoms with van der Waals surface area (Å²) in [6.07, 6.45) is 7.91. The number of carbonyl (C=O) groups excluding carboxylic acids is 1. The Labute approximate surface area is 89.2 Å². The van der Waals surface area contributed by atoms with E-state index in [9.17, 15) is 4.79 Å². The summed E-state index contributed by atoms with van der Waals surface area (Å²) < 4.78 is 1.98. The minimum atomic E-state index is 0.236. The first-order valence-electron chi connectivity index (χ1n) is 5.15. The van der Waals surface area contributed by atoms with Gasteiger partial charge in [0.25, 0.3) is 0 Å². The molecule has 1 fully saturated rings. The van der Waals surface area contributed by atoms with Gasteiger partial charge in [-0.1, -0.05) is 6.08 Å². The van der Waals surface area contributed by atoms with Crippen LogP contribution < -0.4 is 0 Å². The molecule has 15 heavy (non-hydrogen) atoms. The monoisotopic (exact) mass is 205 g/mol. The average Bonchev–Trinajstić information content (AvgIpc) is 2.84. The molecule has 0 radical (unpaired) electrons. The van der Waals surface area contributed by atoms with Crippen molar-refractivity contribution in [1.82, 2.24) is 14.5 Å². The maximum atomic E-state index is 11.6. The first-order valence-corrected chi connectivity index (χ1v) is 5.15. The number of likely N-dealkylation sites (tertiary alicyclic amines) is 1. The third-order valence-electron chi connectivity index (χ3n) is 2.77. The Hall–Kier alpha value is -1.58. The highest BCUT2D eigenvalue weighted by atomic mass is 16.2. The predicted octanol–water partition coefficient (Wildman–Crippen LogP) is 0.918. The van der Waals surface area contributed by atoms with Gasteiger partial charge in [-0.3, -0.25) is 4.79 Å². The van der Waals surface area contributed by atoms with E-state index in [0.717, 1.165) is 19.6 Å². The van der Waals surface area contributed by atoms with Gasteiger partial charge < -0.3 is 9.47 Å². The van der Waals surface area contributed by atoms with E-state index in [-0.39, 0.29) is 5.91 Å². The van der Waals surface area contributed by atoms with Crippen LogP contribution in [0.25, 0.3) is 0 Å². The lowest BCUT2D eigenvalue weighted by atomic mass is 10.1. The lowest BCUT2D eigenvalue weighted by Gasteiger charge is -2.15. The summed E-state index contributed by atoms with van der Waals surface area (Å²) in [6, 6.07) is 0. The summed E-state index contributed by atoms with van der Waals surface area (Å²) in [5.41, 5.74) is 0. The molecule has 1 unspecified atom stereocenters. The highest BCUT2D eigenvalue weighted by Crippen LogP contribution is 2.17. The molecule has 2 heterocycles. The van der Waals surface area contributed by atoms with Gasteiger partial charge in [0.1, 0.15) is 0 Å². The molecule has 0 saturated carbocycles. The van der Waals surface area contributed by atoms with Crippen LogP contribution in [0.15, 0.2) is 31.4 Å². The number of aromatic nitrogens is 2. The summed E-state index contributed by atoms with van der Waals surface area (Å²) in [6.45, 7) is 6.12. The fourth-order valence-corrected chi connectivity index (χ4v) is 1.83. The van der Waals surface area contributed by atoms with Crippen LogP contribution in [0.5, 0.6) is 0 Å². The fourth-order valence-electron chi connectivity index (χ4n) is 1.83. The second kappa shape index (κ2) is 4.29. The molecule has 1 atom stereocenters. The molecule has 1 aliphatic heterocycles. The minimum absolute atomic E-state index is 0.236. The molecule has 1 saturated heterocycles. The van der Waals surface area contributed by atoms with E-state index in [1.165, 1.54) is 0 Å². The smallest absolute Gasteiger partial charge is 0.223 e. The Morgan fingerprint density at radius 1 is 1.60 bits per heavy atom. The molecule has 2 rings (SSSR count). The zero-order valence-electron chi connectivity index (χ0n) is 8.67. The molecular weight excluding hydrogens is 190 g/mol. The standard InChI is InChI=1S/C11H15N3O/c1-2-10-7-11(15)14(8-10)6-5-13-4-3-12-9-13/h2-4,9-10H,1,5-8H2. The van der Waals surface area contributed by atoms with Gasteiger partial charge in [0.05, 0.1) is 6.33 Å². The average molecular weight is 205 g/mol. The van der Waals surface area contributed by atoms with Gasteiger partial charge in [-0.25, -0.2) is 4.98 Å². The van der Waals surface area contributed by atoms with Crippen molar-refractivity contribution in [3.63, 3.8) is 0 Å². The quantitative estimate of drug-likeness (QED) is 0.685. The van der Waals surface area contributed by atoms with Crippen LogP contribution in [-0.2, 0) is 11.3 Å². The largest absolute Gasteiger partial charge is 0.340 e. The van der Waals surface area contributed by atoms with Crippen molar-refractivity contribution in [3.8, 4) is 0 Å². The molecule has 1 aromatic heterocycles. The molecule has 1 amide bonds. The van der Waals surface area contributed by atoms with E-state index in [0.29, 0.717) is 12.3 Å². The molecule has 0 N–H and O–H groups in total. The summed E-state index contributed by atoms with van der Waals surface area (Å²) in [7, 11) is 0. The lowest BCUT2D eigenvalue weighted by molar-refractivity contribution is -0.127. The maximum Gasteiger partial charge on any atom is 0.223 e.